The molecule has 1 aliphatic rings. The second-order valence-corrected chi connectivity index (χ2v) is 7.14. The number of hydrogen-bond donors (Lipinski definition) is 1. The minimum absolute atomic E-state index is 0.252. The van der Waals surface area contributed by atoms with Crippen LogP contribution in [-0.2, 0) is 4.74 Å². The highest BCUT2D eigenvalue weighted by atomic mass is 35.5. The minimum Gasteiger partial charge on any atom is -0.378 e. The summed E-state index contributed by atoms with van der Waals surface area (Å²) in [6, 6.07) is 13.1. The number of fused-ring (bicyclic) bond motifs is 1. The Bertz CT molecular complexity index is 922. The van der Waals surface area contributed by atoms with Gasteiger partial charge in [0.05, 0.1) is 34.0 Å². The van der Waals surface area contributed by atoms with Gasteiger partial charge in [0, 0.05) is 18.8 Å². The normalized spacial score (nSPS) is 14.7. The molecule has 7 heteroatoms. The number of amides is 1. The highest BCUT2D eigenvalue weighted by Gasteiger charge is 2.15. The van der Waals surface area contributed by atoms with E-state index in [1.54, 1.807) is 24.3 Å². The number of halogens is 1. The number of hydrogen-bond acceptors (Lipinski definition) is 5. The summed E-state index contributed by atoms with van der Waals surface area (Å²) >= 11 is 7.54. The van der Waals surface area contributed by atoms with Crippen molar-refractivity contribution >= 4 is 49.9 Å². The number of nitrogens with zero attached hydrogens (tertiary/aromatic N) is 2. The van der Waals surface area contributed by atoms with E-state index < -0.39 is 0 Å². The first-order valence-corrected chi connectivity index (χ1v) is 9.19. The summed E-state index contributed by atoms with van der Waals surface area (Å²) in [5.74, 6) is -0.252. The topological polar surface area (TPSA) is 54.5 Å². The number of benzene rings is 2. The highest BCUT2D eigenvalue weighted by molar-refractivity contribution is 7.22. The molecule has 3 aromatic rings. The van der Waals surface area contributed by atoms with Gasteiger partial charge in [-0.3, -0.25) is 10.1 Å². The van der Waals surface area contributed by atoms with Gasteiger partial charge in [-0.15, -0.1) is 0 Å². The van der Waals surface area contributed by atoms with Crippen LogP contribution >= 0.6 is 22.9 Å². The van der Waals surface area contributed by atoms with E-state index in [4.69, 9.17) is 16.3 Å². The van der Waals surface area contributed by atoms with Crippen molar-refractivity contribution in [1.82, 2.24) is 4.98 Å². The van der Waals surface area contributed by atoms with Gasteiger partial charge in [0.25, 0.3) is 5.91 Å². The van der Waals surface area contributed by atoms with Crippen LogP contribution in [0.2, 0.25) is 5.02 Å². The molecular weight excluding hydrogens is 358 g/mol. The molecule has 4 rings (SSSR count). The maximum atomic E-state index is 12.4. The lowest BCUT2D eigenvalue weighted by atomic mass is 10.2. The van der Waals surface area contributed by atoms with Gasteiger partial charge in [-0.1, -0.05) is 35.1 Å². The zero-order chi connectivity index (χ0) is 17.2. The van der Waals surface area contributed by atoms with E-state index >= 15 is 0 Å². The van der Waals surface area contributed by atoms with Crippen LogP contribution in [0.4, 0.5) is 10.8 Å². The highest BCUT2D eigenvalue weighted by Crippen LogP contribution is 2.30. The van der Waals surface area contributed by atoms with Crippen molar-refractivity contribution in [2.24, 2.45) is 0 Å². The van der Waals surface area contributed by atoms with E-state index in [0.717, 1.165) is 42.2 Å². The molecule has 0 spiro atoms. The van der Waals surface area contributed by atoms with Gasteiger partial charge in [-0.05, 0) is 30.3 Å². The average molecular weight is 374 g/mol. The molecule has 0 radical (unpaired) electrons. The van der Waals surface area contributed by atoms with Gasteiger partial charge >= 0.3 is 0 Å². The molecule has 128 valence electrons. The number of carbonyl (C=O) groups is 1. The summed E-state index contributed by atoms with van der Waals surface area (Å²) in [5.41, 5.74) is 2.47. The summed E-state index contributed by atoms with van der Waals surface area (Å²) in [6.07, 6.45) is 0. The molecule has 1 aromatic heterocycles. The molecular formula is C18H16ClN3O2S. The Balaban J connectivity index is 1.56. The van der Waals surface area contributed by atoms with E-state index in [1.807, 2.05) is 6.07 Å². The fraction of sp³-hybridized carbons (Fsp3) is 0.222. The molecule has 1 saturated heterocycles. The lowest BCUT2D eigenvalue weighted by Gasteiger charge is -2.28. The maximum Gasteiger partial charge on any atom is 0.258 e. The number of nitrogens with one attached hydrogen (secondary N) is 1. The van der Waals surface area contributed by atoms with Crippen LogP contribution in [-0.4, -0.2) is 37.2 Å². The zero-order valence-electron chi connectivity index (χ0n) is 13.4. The molecule has 0 saturated carbocycles. The SMILES string of the molecule is O=C(Nc1nc2ccc(N3CCOCC3)cc2s1)c1ccccc1Cl. The van der Waals surface area contributed by atoms with Crippen molar-refractivity contribution in [3.63, 3.8) is 0 Å². The third kappa shape index (κ3) is 3.46. The molecule has 0 bridgehead atoms. The third-order valence-electron chi connectivity index (χ3n) is 4.09. The summed E-state index contributed by atoms with van der Waals surface area (Å²) < 4.78 is 6.44. The molecule has 0 atom stereocenters. The van der Waals surface area contributed by atoms with Crippen LogP contribution in [0, 0.1) is 0 Å². The Kier molecular flexibility index (Phi) is 4.57. The Morgan fingerprint density at radius 1 is 1.20 bits per heavy atom. The first-order chi connectivity index (χ1) is 12.2. The van der Waals surface area contributed by atoms with Gasteiger partial charge in [-0.25, -0.2) is 4.98 Å². The Morgan fingerprint density at radius 2 is 2.00 bits per heavy atom. The largest absolute Gasteiger partial charge is 0.378 e. The number of anilines is 2. The van der Waals surface area contributed by atoms with E-state index in [9.17, 15) is 4.79 Å². The molecule has 0 unspecified atom stereocenters. The van der Waals surface area contributed by atoms with Gasteiger partial charge in [0.1, 0.15) is 0 Å². The first kappa shape index (κ1) is 16.3. The molecule has 0 aliphatic carbocycles. The Morgan fingerprint density at radius 3 is 2.80 bits per heavy atom. The number of morpholine rings is 1. The van der Waals surface area contributed by atoms with Gasteiger partial charge in [0.15, 0.2) is 5.13 Å². The van der Waals surface area contributed by atoms with Crippen molar-refractivity contribution in [2.45, 2.75) is 0 Å². The minimum atomic E-state index is -0.252. The van der Waals surface area contributed by atoms with Crippen molar-refractivity contribution in [3.8, 4) is 0 Å². The van der Waals surface area contributed by atoms with E-state index in [-0.39, 0.29) is 5.91 Å². The van der Waals surface area contributed by atoms with Crippen LogP contribution in [0.25, 0.3) is 10.2 Å². The molecule has 1 fully saturated rings. The van der Waals surface area contributed by atoms with Crippen LogP contribution < -0.4 is 10.2 Å². The third-order valence-corrected chi connectivity index (χ3v) is 5.35. The van der Waals surface area contributed by atoms with Gasteiger partial charge in [-0.2, -0.15) is 0 Å². The summed E-state index contributed by atoms with van der Waals surface area (Å²) in [6.45, 7) is 3.28. The molecule has 2 aromatic carbocycles. The predicted molar refractivity (Wildman–Crippen MR) is 102 cm³/mol. The smallest absolute Gasteiger partial charge is 0.258 e. The van der Waals surface area contributed by atoms with Crippen molar-refractivity contribution in [2.75, 3.05) is 36.5 Å². The molecule has 2 heterocycles. The standard InChI is InChI=1S/C18H16ClN3O2S/c19-14-4-2-1-3-13(14)17(23)21-18-20-15-6-5-12(11-16(15)25-18)22-7-9-24-10-8-22/h1-6,11H,7-10H2,(H,20,21,23). The van der Waals surface area contributed by atoms with E-state index in [1.165, 1.54) is 11.3 Å². The van der Waals surface area contributed by atoms with Crippen molar-refractivity contribution in [1.29, 1.82) is 0 Å². The molecule has 1 amide bonds. The average Bonchev–Trinajstić information content (AvgIpc) is 3.04. The molecule has 1 aliphatic heterocycles. The van der Waals surface area contributed by atoms with Gasteiger partial charge in [0.2, 0.25) is 0 Å². The van der Waals surface area contributed by atoms with Crippen molar-refractivity contribution in [3.05, 3.63) is 53.1 Å². The lowest BCUT2D eigenvalue weighted by Crippen LogP contribution is -2.36. The van der Waals surface area contributed by atoms with Gasteiger partial charge < -0.3 is 9.64 Å². The van der Waals surface area contributed by atoms with Crippen LogP contribution in [0.5, 0.6) is 0 Å². The number of ether oxygens (including phenoxy) is 1. The predicted octanol–water partition coefficient (Wildman–Crippen LogP) is 4.04. The lowest BCUT2D eigenvalue weighted by molar-refractivity contribution is 0.102. The van der Waals surface area contributed by atoms with E-state index in [0.29, 0.717) is 15.7 Å². The zero-order valence-corrected chi connectivity index (χ0v) is 14.9. The quantitative estimate of drug-likeness (QED) is 0.752. The fourth-order valence-electron chi connectivity index (χ4n) is 2.79. The number of aromatic nitrogens is 1. The number of thiazole rings is 1. The second-order valence-electron chi connectivity index (χ2n) is 5.70. The fourth-order valence-corrected chi connectivity index (χ4v) is 3.91. The van der Waals surface area contributed by atoms with Crippen LogP contribution in [0.3, 0.4) is 0 Å². The number of rotatable bonds is 3. The second kappa shape index (κ2) is 7.00. The summed E-state index contributed by atoms with van der Waals surface area (Å²) in [4.78, 5) is 19.2. The monoisotopic (exact) mass is 373 g/mol. The first-order valence-electron chi connectivity index (χ1n) is 8.00. The summed E-state index contributed by atoms with van der Waals surface area (Å²) in [7, 11) is 0. The maximum absolute atomic E-state index is 12.4. The number of carbonyl (C=O) groups excluding carboxylic acids is 1. The van der Waals surface area contributed by atoms with Crippen LogP contribution in [0.15, 0.2) is 42.5 Å². The summed E-state index contributed by atoms with van der Waals surface area (Å²) in [5, 5.41) is 3.83. The Hall–Kier alpha value is -2.15. The molecule has 25 heavy (non-hydrogen) atoms. The van der Waals surface area contributed by atoms with Crippen molar-refractivity contribution < 1.29 is 9.53 Å². The van der Waals surface area contributed by atoms with Crippen LogP contribution in [0.1, 0.15) is 10.4 Å². The molecule has 1 N–H and O–H groups in total. The molecule has 5 nitrogen and oxygen atoms in total. The van der Waals surface area contributed by atoms with E-state index in [2.05, 4.69) is 27.3 Å². The Labute approximate surface area is 154 Å².